The largest absolute Gasteiger partial charge is 0.328 e. The first-order valence-electron chi connectivity index (χ1n) is 7.13. The molecule has 2 N–H and O–H groups in total. The zero-order valence-corrected chi connectivity index (χ0v) is 11.8. The average Bonchev–Trinajstić information content (AvgIpc) is 2.86. The van der Waals surface area contributed by atoms with Crippen molar-refractivity contribution >= 4 is 0 Å². The molecule has 2 heterocycles. The first-order chi connectivity index (χ1) is 8.61. The van der Waals surface area contributed by atoms with Gasteiger partial charge in [0.2, 0.25) is 0 Å². The summed E-state index contributed by atoms with van der Waals surface area (Å²) in [5, 5.41) is 4.37. The summed E-state index contributed by atoms with van der Waals surface area (Å²) in [5.41, 5.74) is 7.37. The van der Waals surface area contributed by atoms with Crippen LogP contribution in [0, 0.1) is 5.92 Å². The molecule has 0 aromatic carbocycles. The summed E-state index contributed by atoms with van der Waals surface area (Å²) in [4.78, 5) is 2.55. The summed E-state index contributed by atoms with van der Waals surface area (Å²) in [6.07, 6.45) is 6.71. The van der Waals surface area contributed by atoms with E-state index >= 15 is 0 Å². The summed E-state index contributed by atoms with van der Waals surface area (Å²) in [7, 11) is 0. The molecular formula is C14H26N4. The van der Waals surface area contributed by atoms with Crippen LogP contribution in [0.2, 0.25) is 0 Å². The third-order valence-electron chi connectivity index (χ3n) is 4.24. The van der Waals surface area contributed by atoms with Crippen molar-refractivity contribution in [2.24, 2.45) is 11.7 Å². The van der Waals surface area contributed by atoms with E-state index in [0.717, 1.165) is 13.1 Å². The molecule has 102 valence electrons. The van der Waals surface area contributed by atoms with E-state index in [-0.39, 0.29) is 0 Å². The molecule has 0 spiro atoms. The molecule has 0 bridgehead atoms. The van der Waals surface area contributed by atoms with Crippen molar-refractivity contribution in [3.8, 4) is 0 Å². The molecule has 3 unspecified atom stereocenters. The topological polar surface area (TPSA) is 47.1 Å². The number of hydrogen-bond donors (Lipinski definition) is 1. The van der Waals surface area contributed by atoms with Crippen LogP contribution >= 0.6 is 0 Å². The van der Waals surface area contributed by atoms with E-state index in [1.165, 1.54) is 24.9 Å². The van der Waals surface area contributed by atoms with Crippen LogP contribution in [0.5, 0.6) is 0 Å². The number of hydrogen-bond acceptors (Lipinski definition) is 3. The van der Waals surface area contributed by atoms with Gasteiger partial charge in [0, 0.05) is 36.9 Å². The second kappa shape index (κ2) is 5.85. The van der Waals surface area contributed by atoms with Crippen molar-refractivity contribution in [3.63, 3.8) is 0 Å². The number of aromatic nitrogens is 2. The van der Waals surface area contributed by atoms with Crippen LogP contribution in [-0.2, 0) is 6.54 Å². The van der Waals surface area contributed by atoms with Gasteiger partial charge in [-0.1, -0.05) is 0 Å². The van der Waals surface area contributed by atoms with Crippen LogP contribution in [0.15, 0.2) is 12.4 Å². The summed E-state index contributed by atoms with van der Waals surface area (Å²) in [5.74, 6) is 0.641. The van der Waals surface area contributed by atoms with E-state index in [9.17, 15) is 0 Å². The van der Waals surface area contributed by atoms with Crippen LogP contribution in [0.3, 0.4) is 0 Å². The van der Waals surface area contributed by atoms with E-state index in [1.807, 2.05) is 10.9 Å². The Balaban J connectivity index is 2.01. The Morgan fingerprint density at radius 1 is 1.50 bits per heavy atom. The Kier molecular flexibility index (Phi) is 4.40. The lowest BCUT2D eigenvalue weighted by Gasteiger charge is -2.38. The number of nitrogens with two attached hydrogens (primary N) is 1. The SMILES string of the molecule is CCn1cc(C(C)N2CCCC(C(C)N)C2)cn1. The van der Waals surface area contributed by atoms with Gasteiger partial charge in [-0.3, -0.25) is 9.58 Å². The lowest BCUT2D eigenvalue weighted by molar-refractivity contribution is 0.121. The standard InChI is InChI=1S/C14H26N4/c1-4-18-10-14(8-16-18)12(3)17-7-5-6-13(9-17)11(2)15/h8,10-13H,4-7,9,15H2,1-3H3. The third-order valence-corrected chi connectivity index (χ3v) is 4.24. The van der Waals surface area contributed by atoms with Crippen LogP contribution in [0.4, 0.5) is 0 Å². The fourth-order valence-electron chi connectivity index (χ4n) is 2.80. The van der Waals surface area contributed by atoms with Crippen molar-refractivity contribution in [1.29, 1.82) is 0 Å². The Morgan fingerprint density at radius 3 is 2.89 bits per heavy atom. The molecule has 0 radical (unpaired) electrons. The summed E-state index contributed by atoms with van der Waals surface area (Å²) < 4.78 is 2.00. The molecule has 1 aliphatic heterocycles. The molecule has 2 rings (SSSR count). The average molecular weight is 250 g/mol. The number of nitrogens with zero attached hydrogens (tertiary/aromatic N) is 3. The monoisotopic (exact) mass is 250 g/mol. The van der Waals surface area contributed by atoms with E-state index in [0.29, 0.717) is 18.0 Å². The minimum Gasteiger partial charge on any atom is -0.328 e. The van der Waals surface area contributed by atoms with Crippen molar-refractivity contribution < 1.29 is 0 Å². The molecule has 1 aliphatic rings. The Bertz CT molecular complexity index is 372. The van der Waals surface area contributed by atoms with E-state index in [1.54, 1.807) is 0 Å². The predicted molar refractivity (Wildman–Crippen MR) is 74.3 cm³/mol. The maximum absolute atomic E-state index is 6.05. The maximum Gasteiger partial charge on any atom is 0.0537 e. The molecule has 4 heteroatoms. The quantitative estimate of drug-likeness (QED) is 0.889. The first-order valence-corrected chi connectivity index (χ1v) is 7.13. The van der Waals surface area contributed by atoms with Crippen LogP contribution in [0.1, 0.15) is 45.2 Å². The van der Waals surface area contributed by atoms with Gasteiger partial charge in [0.15, 0.2) is 0 Å². The van der Waals surface area contributed by atoms with Gasteiger partial charge in [0.1, 0.15) is 0 Å². The maximum atomic E-state index is 6.05. The highest BCUT2D eigenvalue weighted by Gasteiger charge is 2.26. The third kappa shape index (κ3) is 2.93. The molecule has 4 nitrogen and oxygen atoms in total. The normalized spacial score (nSPS) is 25.0. The van der Waals surface area contributed by atoms with Crippen molar-refractivity contribution in [2.45, 2.75) is 52.2 Å². The lowest BCUT2D eigenvalue weighted by atomic mass is 9.91. The molecule has 0 aliphatic carbocycles. The molecule has 18 heavy (non-hydrogen) atoms. The van der Waals surface area contributed by atoms with Gasteiger partial charge < -0.3 is 5.73 Å². The fourth-order valence-corrected chi connectivity index (χ4v) is 2.80. The highest BCUT2D eigenvalue weighted by atomic mass is 15.3. The predicted octanol–water partition coefficient (Wildman–Crippen LogP) is 2.02. The smallest absolute Gasteiger partial charge is 0.0537 e. The van der Waals surface area contributed by atoms with Gasteiger partial charge in [0.25, 0.3) is 0 Å². The van der Waals surface area contributed by atoms with E-state index in [4.69, 9.17) is 5.73 Å². The Hall–Kier alpha value is -0.870. The molecule has 3 atom stereocenters. The molecule has 1 fully saturated rings. The molecule has 0 amide bonds. The second-order valence-electron chi connectivity index (χ2n) is 5.56. The van der Waals surface area contributed by atoms with Crippen molar-refractivity contribution in [1.82, 2.24) is 14.7 Å². The zero-order chi connectivity index (χ0) is 13.1. The van der Waals surface area contributed by atoms with Gasteiger partial charge in [-0.2, -0.15) is 5.10 Å². The number of likely N-dealkylation sites (tertiary alicyclic amines) is 1. The molecule has 1 aromatic heterocycles. The van der Waals surface area contributed by atoms with E-state index in [2.05, 4.69) is 37.0 Å². The van der Waals surface area contributed by atoms with Crippen LogP contribution in [0.25, 0.3) is 0 Å². The molecule has 1 saturated heterocycles. The number of rotatable bonds is 4. The zero-order valence-electron chi connectivity index (χ0n) is 11.8. The minimum absolute atomic E-state index is 0.304. The Morgan fingerprint density at radius 2 is 2.28 bits per heavy atom. The highest BCUT2D eigenvalue weighted by molar-refractivity contribution is 5.10. The van der Waals surface area contributed by atoms with Crippen LogP contribution < -0.4 is 5.73 Å². The minimum atomic E-state index is 0.304. The second-order valence-corrected chi connectivity index (χ2v) is 5.56. The van der Waals surface area contributed by atoms with Crippen LogP contribution in [-0.4, -0.2) is 33.8 Å². The van der Waals surface area contributed by atoms with E-state index < -0.39 is 0 Å². The molecular weight excluding hydrogens is 224 g/mol. The number of piperidine rings is 1. The van der Waals surface area contributed by atoms with Gasteiger partial charge >= 0.3 is 0 Å². The Labute approximate surface area is 110 Å². The first kappa shape index (κ1) is 13.6. The lowest BCUT2D eigenvalue weighted by Crippen LogP contribution is -2.43. The number of aryl methyl sites for hydroxylation is 1. The summed E-state index contributed by atoms with van der Waals surface area (Å²) in [6.45, 7) is 9.77. The van der Waals surface area contributed by atoms with Gasteiger partial charge in [0.05, 0.1) is 6.20 Å². The van der Waals surface area contributed by atoms with Gasteiger partial charge in [-0.25, -0.2) is 0 Å². The van der Waals surface area contributed by atoms with Crippen molar-refractivity contribution in [2.75, 3.05) is 13.1 Å². The highest BCUT2D eigenvalue weighted by Crippen LogP contribution is 2.27. The summed E-state index contributed by atoms with van der Waals surface area (Å²) in [6, 6.07) is 0.755. The summed E-state index contributed by atoms with van der Waals surface area (Å²) >= 11 is 0. The van der Waals surface area contributed by atoms with Crippen molar-refractivity contribution in [3.05, 3.63) is 18.0 Å². The molecule has 1 aromatic rings. The molecule has 0 saturated carbocycles. The van der Waals surface area contributed by atoms with Gasteiger partial charge in [-0.05, 0) is 46.1 Å². The van der Waals surface area contributed by atoms with Gasteiger partial charge in [-0.15, -0.1) is 0 Å². The fraction of sp³-hybridized carbons (Fsp3) is 0.786.